The van der Waals surface area contributed by atoms with E-state index < -0.39 is 10.0 Å². The molecule has 1 aliphatic rings. The standard InChI is InChI=1S/C13H17BrN2O3S/c1-20(17,18)16-5-4-15-8-10-6-11-7-12(14)2-3-13(11)19-9-10/h2-3,6-7,15-16H,4-5,8-9H2,1H3. The highest BCUT2D eigenvalue weighted by molar-refractivity contribution is 9.10. The van der Waals surface area contributed by atoms with Crippen molar-refractivity contribution < 1.29 is 13.2 Å². The Labute approximate surface area is 127 Å². The molecule has 1 aliphatic heterocycles. The average Bonchev–Trinajstić information content (AvgIpc) is 2.36. The van der Waals surface area contributed by atoms with Gasteiger partial charge in [-0.15, -0.1) is 0 Å². The van der Waals surface area contributed by atoms with Gasteiger partial charge in [-0.1, -0.05) is 15.9 Å². The Bertz CT molecular complexity index is 614. The van der Waals surface area contributed by atoms with Crippen LogP contribution in [0, 0.1) is 0 Å². The smallest absolute Gasteiger partial charge is 0.208 e. The molecule has 0 saturated heterocycles. The fraction of sp³-hybridized carbons (Fsp3) is 0.385. The van der Waals surface area contributed by atoms with Crippen LogP contribution in [0.5, 0.6) is 5.75 Å². The molecule has 0 atom stereocenters. The lowest BCUT2D eigenvalue weighted by molar-refractivity contribution is 0.343. The third kappa shape index (κ3) is 4.90. The van der Waals surface area contributed by atoms with E-state index in [1.807, 2.05) is 18.2 Å². The number of fused-ring (bicyclic) bond motifs is 1. The van der Waals surface area contributed by atoms with Gasteiger partial charge < -0.3 is 10.1 Å². The summed E-state index contributed by atoms with van der Waals surface area (Å²) in [5, 5.41) is 3.19. The fourth-order valence-corrected chi connectivity index (χ4v) is 2.72. The summed E-state index contributed by atoms with van der Waals surface area (Å²) in [5.41, 5.74) is 2.19. The van der Waals surface area contributed by atoms with Gasteiger partial charge in [-0.25, -0.2) is 13.1 Å². The molecule has 0 amide bonds. The minimum atomic E-state index is -3.11. The number of hydrogen-bond donors (Lipinski definition) is 2. The van der Waals surface area contributed by atoms with Gasteiger partial charge in [-0.2, -0.15) is 0 Å². The summed E-state index contributed by atoms with van der Waals surface area (Å²) < 4.78 is 30.9. The number of benzene rings is 1. The van der Waals surface area contributed by atoms with E-state index in [4.69, 9.17) is 4.74 Å². The quantitative estimate of drug-likeness (QED) is 0.751. The highest BCUT2D eigenvalue weighted by atomic mass is 79.9. The van der Waals surface area contributed by atoms with Gasteiger partial charge in [0, 0.05) is 29.7 Å². The van der Waals surface area contributed by atoms with Crippen molar-refractivity contribution in [2.24, 2.45) is 0 Å². The minimum Gasteiger partial charge on any atom is -0.489 e. The minimum absolute atomic E-state index is 0.384. The molecule has 0 fully saturated rings. The molecule has 7 heteroatoms. The SMILES string of the molecule is CS(=O)(=O)NCCNCC1=Cc2cc(Br)ccc2OC1. The summed E-state index contributed by atoms with van der Waals surface area (Å²) in [6.07, 6.45) is 3.25. The molecule has 2 rings (SSSR count). The van der Waals surface area contributed by atoms with Gasteiger partial charge >= 0.3 is 0 Å². The zero-order chi connectivity index (χ0) is 14.6. The number of sulfonamides is 1. The predicted molar refractivity (Wildman–Crippen MR) is 83.3 cm³/mol. The Kier molecular flexibility index (Phi) is 5.20. The van der Waals surface area contributed by atoms with E-state index in [2.05, 4.69) is 32.0 Å². The molecule has 0 aliphatic carbocycles. The second kappa shape index (κ2) is 6.71. The van der Waals surface area contributed by atoms with Crippen LogP contribution in [0.3, 0.4) is 0 Å². The van der Waals surface area contributed by atoms with Crippen molar-refractivity contribution in [2.45, 2.75) is 0 Å². The molecule has 5 nitrogen and oxygen atoms in total. The predicted octanol–water partition coefficient (Wildman–Crippen LogP) is 1.36. The van der Waals surface area contributed by atoms with Crippen molar-refractivity contribution in [3.05, 3.63) is 33.8 Å². The zero-order valence-corrected chi connectivity index (χ0v) is 13.6. The van der Waals surface area contributed by atoms with Crippen LogP contribution in [-0.4, -0.2) is 40.9 Å². The van der Waals surface area contributed by atoms with Crippen molar-refractivity contribution in [3.8, 4) is 5.75 Å². The number of nitrogens with one attached hydrogen (secondary N) is 2. The Balaban J connectivity index is 1.83. The van der Waals surface area contributed by atoms with Crippen molar-refractivity contribution >= 4 is 32.0 Å². The second-order valence-corrected chi connectivity index (χ2v) is 7.37. The third-order valence-electron chi connectivity index (χ3n) is 2.76. The Morgan fingerprint density at radius 2 is 2.15 bits per heavy atom. The molecule has 2 N–H and O–H groups in total. The van der Waals surface area contributed by atoms with Crippen LogP contribution in [0.1, 0.15) is 5.56 Å². The van der Waals surface area contributed by atoms with Gasteiger partial charge in [-0.3, -0.25) is 0 Å². The molecule has 1 heterocycles. The van der Waals surface area contributed by atoms with Crippen LogP contribution < -0.4 is 14.8 Å². The molecule has 0 radical (unpaired) electrons. The Hall–Kier alpha value is -0.890. The van der Waals surface area contributed by atoms with Crippen LogP contribution >= 0.6 is 15.9 Å². The lowest BCUT2D eigenvalue weighted by atomic mass is 10.1. The maximum absolute atomic E-state index is 10.9. The first-order chi connectivity index (χ1) is 9.44. The highest BCUT2D eigenvalue weighted by Gasteiger charge is 2.11. The summed E-state index contributed by atoms with van der Waals surface area (Å²) in [4.78, 5) is 0. The van der Waals surface area contributed by atoms with Crippen molar-refractivity contribution in [1.29, 1.82) is 0 Å². The molecule has 1 aromatic carbocycles. The normalized spacial score (nSPS) is 14.4. The second-order valence-electron chi connectivity index (χ2n) is 4.62. The van der Waals surface area contributed by atoms with Gasteiger partial charge in [-0.05, 0) is 29.8 Å². The Morgan fingerprint density at radius 1 is 1.35 bits per heavy atom. The first-order valence-electron chi connectivity index (χ1n) is 6.21. The zero-order valence-electron chi connectivity index (χ0n) is 11.1. The number of hydrogen-bond acceptors (Lipinski definition) is 4. The van der Waals surface area contributed by atoms with Gasteiger partial charge in [0.05, 0.1) is 6.26 Å². The number of halogens is 1. The maximum atomic E-state index is 10.9. The topological polar surface area (TPSA) is 67.4 Å². The van der Waals surface area contributed by atoms with E-state index in [1.54, 1.807) is 0 Å². The van der Waals surface area contributed by atoms with Crippen LogP contribution in [0.25, 0.3) is 6.08 Å². The first kappa shape index (κ1) is 15.5. The van der Waals surface area contributed by atoms with Gasteiger partial charge in [0.15, 0.2) is 0 Å². The highest BCUT2D eigenvalue weighted by Crippen LogP contribution is 2.28. The van der Waals surface area contributed by atoms with E-state index in [9.17, 15) is 8.42 Å². The van der Waals surface area contributed by atoms with Crippen LogP contribution in [-0.2, 0) is 10.0 Å². The molecule has 1 aromatic rings. The number of ether oxygens (including phenoxy) is 1. The molecule has 110 valence electrons. The molecular formula is C13H17BrN2O3S. The molecule has 0 aromatic heterocycles. The Morgan fingerprint density at radius 3 is 2.90 bits per heavy atom. The largest absolute Gasteiger partial charge is 0.489 e. The molecule has 0 unspecified atom stereocenters. The van der Waals surface area contributed by atoms with Crippen LogP contribution in [0.15, 0.2) is 28.2 Å². The molecule has 0 saturated carbocycles. The van der Waals surface area contributed by atoms with Crippen LogP contribution in [0.4, 0.5) is 0 Å². The molecular weight excluding hydrogens is 344 g/mol. The van der Waals surface area contributed by atoms with Crippen molar-refractivity contribution in [2.75, 3.05) is 32.5 Å². The van der Waals surface area contributed by atoms with Gasteiger partial charge in [0.1, 0.15) is 12.4 Å². The number of rotatable bonds is 6. The maximum Gasteiger partial charge on any atom is 0.208 e. The first-order valence-corrected chi connectivity index (χ1v) is 8.90. The summed E-state index contributed by atoms with van der Waals surface area (Å²) in [7, 11) is -3.11. The van der Waals surface area contributed by atoms with E-state index in [1.165, 1.54) is 0 Å². The summed E-state index contributed by atoms with van der Waals surface area (Å²) in [6, 6.07) is 5.91. The summed E-state index contributed by atoms with van der Waals surface area (Å²) in [6.45, 7) is 2.20. The lowest BCUT2D eigenvalue weighted by Gasteiger charge is -2.18. The summed E-state index contributed by atoms with van der Waals surface area (Å²) in [5.74, 6) is 0.885. The van der Waals surface area contributed by atoms with Crippen molar-refractivity contribution in [1.82, 2.24) is 10.0 Å². The van der Waals surface area contributed by atoms with E-state index in [0.717, 1.165) is 27.6 Å². The monoisotopic (exact) mass is 360 g/mol. The van der Waals surface area contributed by atoms with Gasteiger partial charge in [0.25, 0.3) is 0 Å². The fourth-order valence-electron chi connectivity index (χ4n) is 1.87. The average molecular weight is 361 g/mol. The third-order valence-corrected chi connectivity index (χ3v) is 3.98. The van der Waals surface area contributed by atoms with Crippen LogP contribution in [0.2, 0.25) is 0 Å². The molecule has 20 heavy (non-hydrogen) atoms. The van der Waals surface area contributed by atoms with E-state index in [-0.39, 0.29) is 0 Å². The van der Waals surface area contributed by atoms with Gasteiger partial charge in [0.2, 0.25) is 10.0 Å². The summed E-state index contributed by atoms with van der Waals surface area (Å²) >= 11 is 3.44. The molecule has 0 bridgehead atoms. The lowest BCUT2D eigenvalue weighted by Crippen LogP contribution is -2.32. The molecule has 0 spiro atoms. The van der Waals surface area contributed by atoms with Crippen molar-refractivity contribution in [3.63, 3.8) is 0 Å². The van der Waals surface area contributed by atoms with E-state index in [0.29, 0.717) is 26.2 Å². The van der Waals surface area contributed by atoms with E-state index >= 15 is 0 Å².